The lowest BCUT2D eigenvalue weighted by Crippen LogP contribution is -2.05. The number of rotatable bonds is 5. The van der Waals surface area contributed by atoms with Gasteiger partial charge in [0.2, 0.25) is 0 Å². The average Bonchev–Trinajstić information content (AvgIpc) is 3.12. The van der Waals surface area contributed by atoms with Gasteiger partial charge in [0, 0.05) is 28.9 Å². The molecule has 0 aliphatic rings. The second-order valence-electron chi connectivity index (χ2n) is 5.83. The van der Waals surface area contributed by atoms with Crippen molar-refractivity contribution >= 4 is 28.4 Å². The maximum absolute atomic E-state index is 13.1. The number of para-hydroxylation sites is 1. The van der Waals surface area contributed by atoms with Gasteiger partial charge >= 0.3 is 0 Å². The Hall–Kier alpha value is -3.49. The lowest BCUT2D eigenvalue weighted by Gasteiger charge is -2.12. The zero-order valence-electron chi connectivity index (χ0n) is 14.0. The van der Waals surface area contributed by atoms with Crippen molar-refractivity contribution in [1.29, 1.82) is 0 Å². The number of ketones is 1. The van der Waals surface area contributed by atoms with Gasteiger partial charge in [0.1, 0.15) is 12.3 Å². The van der Waals surface area contributed by atoms with Gasteiger partial charge in [0.15, 0.2) is 17.3 Å². The monoisotopic (exact) mass is 376 g/mol. The van der Waals surface area contributed by atoms with Crippen LogP contribution in [0.1, 0.15) is 21.5 Å². The molecule has 0 bridgehead atoms. The van der Waals surface area contributed by atoms with E-state index >= 15 is 0 Å². The van der Waals surface area contributed by atoms with Gasteiger partial charge in [0.05, 0.1) is 10.6 Å². The summed E-state index contributed by atoms with van der Waals surface area (Å²) in [6.07, 6.45) is 3.26. The zero-order valence-corrected chi connectivity index (χ0v) is 14.7. The maximum Gasteiger partial charge on any atom is 0.199 e. The number of carbonyl (C=O) groups is 1. The summed E-state index contributed by atoms with van der Waals surface area (Å²) in [5.41, 5.74) is 2.03. The smallest absolute Gasteiger partial charge is 0.199 e. The topological polar surface area (TPSA) is 75.2 Å². The fraction of sp³-hybridized carbons (Fsp3) is 0.0476. The molecule has 27 heavy (non-hydrogen) atoms. The molecule has 2 N–H and O–H groups in total. The Morgan fingerprint density at radius 2 is 2.04 bits per heavy atom. The third-order valence-electron chi connectivity index (χ3n) is 4.08. The quantitative estimate of drug-likeness (QED) is 0.508. The lowest BCUT2D eigenvalue weighted by molar-refractivity contribution is 0.103. The summed E-state index contributed by atoms with van der Waals surface area (Å²) in [4.78, 5) is 20.3. The van der Waals surface area contributed by atoms with E-state index in [1.165, 1.54) is 6.07 Å². The molecule has 0 saturated carbocycles. The highest BCUT2D eigenvalue weighted by Crippen LogP contribution is 2.33. The number of halogens is 1. The number of nitrogens with zero attached hydrogens (tertiary/aromatic N) is 1. The van der Waals surface area contributed by atoms with E-state index in [1.807, 2.05) is 6.07 Å². The van der Waals surface area contributed by atoms with Crippen LogP contribution in [0.15, 0.2) is 54.9 Å². The molecule has 2 aromatic heterocycles. The Kier molecular flexibility index (Phi) is 4.41. The Morgan fingerprint density at radius 1 is 1.15 bits per heavy atom. The first-order valence-electron chi connectivity index (χ1n) is 8.13. The Labute approximate surface area is 160 Å². The van der Waals surface area contributed by atoms with E-state index in [4.69, 9.17) is 16.3 Å². The van der Waals surface area contributed by atoms with E-state index in [1.54, 1.807) is 42.7 Å². The highest BCUT2D eigenvalue weighted by atomic mass is 35.5. The molecular weight excluding hydrogens is 364 g/mol. The molecule has 4 aromatic rings. The number of fused-ring (bicyclic) bond motifs is 1. The summed E-state index contributed by atoms with van der Waals surface area (Å²) in [5, 5.41) is 11.4. The summed E-state index contributed by atoms with van der Waals surface area (Å²) < 4.78 is 5.73. The van der Waals surface area contributed by atoms with Crippen molar-refractivity contribution in [3.8, 4) is 11.5 Å². The van der Waals surface area contributed by atoms with Gasteiger partial charge in [-0.3, -0.25) is 4.79 Å². The Morgan fingerprint density at radius 3 is 2.85 bits per heavy atom. The highest BCUT2D eigenvalue weighted by molar-refractivity contribution is 6.30. The second-order valence-corrected chi connectivity index (χ2v) is 6.24. The molecule has 0 atom stereocenters. The van der Waals surface area contributed by atoms with E-state index in [2.05, 4.69) is 22.1 Å². The van der Waals surface area contributed by atoms with E-state index in [0.717, 1.165) is 0 Å². The van der Waals surface area contributed by atoms with Crippen LogP contribution < -0.4 is 4.74 Å². The molecular formula is C21H13ClN2O3. The minimum Gasteiger partial charge on any atom is -0.504 e. The summed E-state index contributed by atoms with van der Waals surface area (Å²) in [5.74, 6) is -0.271. The summed E-state index contributed by atoms with van der Waals surface area (Å²) in [6, 6.07) is 17.3. The molecule has 5 nitrogen and oxygen atoms in total. The molecule has 0 spiro atoms. The van der Waals surface area contributed by atoms with Gasteiger partial charge in [-0.1, -0.05) is 23.7 Å². The third kappa shape index (κ3) is 3.31. The van der Waals surface area contributed by atoms with Crippen LogP contribution in [-0.4, -0.2) is 20.9 Å². The number of phenols is 1. The van der Waals surface area contributed by atoms with Gasteiger partial charge in [-0.05, 0) is 42.5 Å². The van der Waals surface area contributed by atoms with E-state index in [-0.39, 0.29) is 29.5 Å². The van der Waals surface area contributed by atoms with Crippen molar-refractivity contribution in [1.82, 2.24) is 9.97 Å². The van der Waals surface area contributed by atoms with Gasteiger partial charge in [-0.25, -0.2) is 4.98 Å². The molecule has 4 rings (SSSR count). The second kappa shape index (κ2) is 7.02. The number of hydrogen-bond acceptors (Lipinski definition) is 4. The number of aromatic amines is 1. The van der Waals surface area contributed by atoms with Crippen LogP contribution in [0.25, 0.3) is 11.0 Å². The molecule has 132 valence electrons. The number of nitrogens with one attached hydrogen (secondary N) is 1. The molecule has 0 amide bonds. The van der Waals surface area contributed by atoms with Crippen molar-refractivity contribution in [2.75, 3.05) is 0 Å². The van der Waals surface area contributed by atoms with Crippen molar-refractivity contribution in [3.05, 3.63) is 88.7 Å². The summed E-state index contributed by atoms with van der Waals surface area (Å²) >= 11 is 5.81. The summed E-state index contributed by atoms with van der Waals surface area (Å²) in [6.45, 7) is 0.112. The molecule has 0 fully saturated rings. The molecule has 6 heteroatoms. The van der Waals surface area contributed by atoms with Crippen LogP contribution in [0.4, 0.5) is 0 Å². The lowest BCUT2D eigenvalue weighted by atomic mass is 10.0. The van der Waals surface area contributed by atoms with Crippen molar-refractivity contribution in [2.24, 2.45) is 0 Å². The number of carbonyl (C=O) groups excluding carboxylic acids is 1. The highest BCUT2D eigenvalue weighted by Gasteiger charge is 2.21. The number of aromatic hydroxyl groups is 1. The number of ether oxygens (including phenoxy) is 1. The van der Waals surface area contributed by atoms with E-state index < -0.39 is 0 Å². The fourth-order valence-corrected chi connectivity index (χ4v) is 2.89. The SMILES string of the molecule is O=C(c1cccc(O)c1OCc1c#cc(Cl)cc1)c1c[nH]c2ncccc12. The number of benzene rings is 1. The Bertz CT molecular complexity index is 1120. The van der Waals surface area contributed by atoms with Crippen LogP contribution in [0.2, 0.25) is 5.02 Å². The molecule has 0 aliphatic heterocycles. The minimum atomic E-state index is -0.271. The standard InChI is InChI=1S/C21H13ClN2O3/c22-14-8-6-13(7-9-14)12-27-20-16(3-1-5-18(20)25)19(26)17-11-24-21-15(17)4-2-10-23-21/h1-6,8,10-11,25H,12H2,(H,23,24). The van der Waals surface area contributed by atoms with Crippen LogP contribution in [0.3, 0.4) is 0 Å². The van der Waals surface area contributed by atoms with Gasteiger partial charge in [0.25, 0.3) is 0 Å². The Balaban J connectivity index is 1.67. The molecule has 2 heterocycles. The molecule has 0 saturated heterocycles. The first-order valence-corrected chi connectivity index (χ1v) is 8.51. The van der Waals surface area contributed by atoms with Crippen LogP contribution >= 0.6 is 11.6 Å². The average molecular weight is 377 g/mol. The van der Waals surface area contributed by atoms with Crippen LogP contribution in [-0.2, 0) is 6.61 Å². The number of aromatic nitrogens is 2. The predicted molar refractivity (Wildman–Crippen MR) is 101 cm³/mol. The number of H-pyrrole nitrogens is 1. The number of phenolic OH excluding ortho intramolecular Hbond substituents is 1. The molecule has 0 radical (unpaired) electrons. The first kappa shape index (κ1) is 17.0. The van der Waals surface area contributed by atoms with Gasteiger partial charge in [-0.15, -0.1) is 0 Å². The summed E-state index contributed by atoms with van der Waals surface area (Å²) in [7, 11) is 0. The van der Waals surface area contributed by atoms with Crippen molar-refractivity contribution < 1.29 is 14.6 Å². The zero-order chi connectivity index (χ0) is 18.8. The number of hydrogen-bond donors (Lipinski definition) is 2. The maximum atomic E-state index is 13.1. The normalized spacial score (nSPS) is 10.6. The predicted octanol–water partition coefficient (Wildman–Crippen LogP) is 4.33. The minimum absolute atomic E-state index is 0.112. The van der Waals surface area contributed by atoms with Crippen molar-refractivity contribution in [3.63, 3.8) is 0 Å². The van der Waals surface area contributed by atoms with Crippen LogP contribution in [0.5, 0.6) is 11.5 Å². The van der Waals surface area contributed by atoms with Crippen LogP contribution in [0, 0.1) is 12.1 Å². The fourth-order valence-electron chi connectivity index (χ4n) is 2.78. The molecule has 2 aromatic carbocycles. The number of pyridine rings is 1. The third-order valence-corrected chi connectivity index (χ3v) is 4.30. The van der Waals surface area contributed by atoms with E-state index in [9.17, 15) is 9.90 Å². The largest absolute Gasteiger partial charge is 0.504 e. The van der Waals surface area contributed by atoms with E-state index in [0.29, 0.717) is 27.2 Å². The van der Waals surface area contributed by atoms with Crippen molar-refractivity contribution in [2.45, 2.75) is 6.61 Å². The molecule has 0 aliphatic carbocycles. The van der Waals surface area contributed by atoms with Gasteiger partial charge in [-0.2, -0.15) is 0 Å². The van der Waals surface area contributed by atoms with Gasteiger partial charge < -0.3 is 14.8 Å². The first-order chi connectivity index (χ1) is 13.1. The molecule has 0 unspecified atom stereocenters.